The number of hydrogen-bond acceptors (Lipinski definition) is 8. The quantitative estimate of drug-likeness (QED) is 0.416. The summed E-state index contributed by atoms with van der Waals surface area (Å²) in [7, 11) is 0. The van der Waals surface area contributed by atoms with Gasteiger partial charge in [-0.1, -0.05) is 30.3 Å². The van der Waals surface area contributed by atoms with Gasteiger partial charge in [0, 0.05) is 56.1 Å². The van der Waals surface area contributed by atoms with Crippen LogP contribution in [0.5, 0.6) is 0 Å². The van der Waals surface area contributed by atoms with E-state index in [9.17, 15) is 19.5 Å². The van der Waals surface area contributed by atoms with Crippen molar-refractivity contribution in [2.24, 2.45) is 0 Å². The van der Waals surface area contributed by atoms with E-state index in [4.69, 9.17) is 9.47 Å². The summed E-state index contributed by atoms with van der Waals surface area (Å²) < 4.78 is 10.8. The number of ether oxygens (including phenoxy) is 2. The van der Waals surface area contributed by atoms with E-state index in [0.717, 1.165) is 5.56 Å². The molecule has 1 aromatic carbocycles. The van der Waals surface area contributed by atoms with Crippen molar-refractivity contribution in [2.45, 2.75) is 63.4 Å². The lowest BCUT2D eigenvalue weighted by Gasteiger charge is -2.42. The third-order valence-corrected chi connectivity index (χ3v) is 7.16. The fourth-order valence-electron chi connectivity index (χ4n) is 5.06. The van der Waals surface area contributed by atoms with Crippen molar-refractivity contribution in [1.82, 2.24) is 25.4 Å². The number of benzene rings is 1. The average molecular weight is 568 g/mol. The van der Waals surface area contributed by atoms with E-state index in [2.05, 4.69) is 15.6 Å². The van der Waals surface area contributed by atoms with Gasteiger partial charge in [0.15, 0.2) is 0 Å². The highest BCUT2D eigenvalue weighted by Gasteiger charge is 2.38. The van der Waals surface area contributed by atoms with Crippen molar-refractivity contribution in [3.05, 3.63) is 66.0 Å². The molecule has 11 nitrogen and oxygen atoms in total. The first-order valence-corrected chi connectivity index (χ1v) is 14.1. The molecule has 1 aromatic heterocycles. The minimum atomic E-state index is -1.02. The van der Waals surface area contributed by atoms with Gasteiger partial charge in [0.2, 0.25) is 5.91 Å². The molecule has 2 aliphatic rings. The number of piperazine rings is 1. The molecule has 3 heterocycles. The fraction of sp³-hybridized carbons (Fsp3) is 0.533. The normalized spacial score (nSPS) is 21.1. The van der Waals surface area contributed by atoms with Gasteiger partial charge in [-0.05, 0) is 44.9 Å². The van der Waals surface area contributed by atoms with Crippen LogP contribution < -0.4 is 10.6 Å². The van der Waals surface area contributed by atoms with E-state index in [1.807, 2.05) is 56.0 Å². The minimum Gasteiger partial charge on any atom is -0.444 e. The molecule has 4 rings (SSSR count). The van der Waals surface area contributed by atoms with Crippen molar-refractivity contribution >= 4 is 17.9 Å². The summed E-state index contributed by atoms with van der Waals surface area (Å²) in [6.07, 6.45) is 2.18. The molecule has 0 spiro atoms. The second-order valence-corrected chi connectivity index (χ2v) is 11.6. The molecule has 0 aliphatic carbocycles. The molecule has 3 N–H and O–H groups in total. The first kappa shape index (κ1) is 30.4. The second-order valence-electron chi connectivity index (χ2n) is 11.6. The molecule has 222 valence electrons. The van der Waals surface area contributed by atoms with Gasteiger partial charge < -0.3 is 30.1 Å². The third-order valence-electron chi connectivity index (χ3n) is 7.16. The van der Waals surface area contributed by atoms with Crippen LogP contribution in [-0.4, -0.2) is 107 Å². The summed E-state index contributed by atoms with van der Waals surface area (Å²) in [5.74, 6) is -0.409. The Hall–Kier alpha value is -3.54. The first-order valence-electron chi connectivity index (χ1n) is 14.1. The van der Waals surface area contributed by atoms with Crippen LogP contribution in [0.1, 0.15) is 43.1 Å². The Labute approximate surface area is 241 Å². The lowest BCUT2D eigenvalue weighted by atomic mass is 9.99. The number of β-amino-alcohol motifs (C(OH)–C–C–N with tert-alkyl or cyclic N) is 1. The van der Waals surface area contributed by atoms with Gasteiger partial charge in [-0.25, -0.2) is 4.79 Å². The molecule has 41 heavy (non-hydrogen) atoms. The number of aliphatic hydroxyl groups excluding tert-OH is 1. The third kappa shape index (κ3) is 8.97. The molecule has 0 saturated carbocycles. The number of rotatable bonds is 9. The van der Waals surface area contributed by atoms with Crippen molar-refractivity contribution in [3.8, 4) is 0 Å². The van der Waals surface area contributed by atoms with Crippen LogP contribution in [0.15, 0.2) is 54.9 Å². The molecular weight excluding hydrogens is 526 g/mol. The Morgan fingerprint density at radius 3 is 2.51 bits per heavy atom. The molecule has 2 fully saturated rings. The number of alkyl carbamates (subject to hydrolysis) is 1. The Kier molecular flexibility index (Phi) is 10.3. The zero-order chi connectivity index (χ0) is 29.4. The monoisotopic (exact) mass is 567 g/mol. The molecule has 2 saturated heterocycles. The maximum absolute atomic E-state index is 13.5. The fourth-order valence-corrected chi connectivity index (χ4v) is 5.06. The van der Waals surface area contributed by atoms with Gasteiger partial charge in [0.25, 0.3) is 5.91 Å². The predicted octanol–water partition coefficient (Wildman–Crippen LogP) is 1.61. The van der Waals surface area contributed by atoms with E-state index in [1.54, 1.807) is 29.4 Å². The second kappa shape index (κ2) is 13.9. The molecule has 11 heteroatoms. The maximum Gasteiger partial charge on any atom is 0.407 e. The highest BCUT2D eigenvalue weighted by Crippen LogP contribution is 2.18. The molecule has 0 unspecified atom stereocenters. The van der Waals surface area contributed by atoms with Crippen molar-refractivity contribution in [3.63, 3.8) is 0 Å². The lowest BCUT2D eigenvalue weighted by Crippen LogP contribution is -2.64. The van der Waals surface area contributed by atoms with Crippen LogP contribution in [-0.2, 0) is 20.7 Å². The maximum atomic E-state index is 13.5. The Morgan fingerprint density at radius 1 is 1.12 bits per heavy atom. The van der Waals surface area contributed by atoms with Gasteiger partial charge in [0.1, 0.15) is 12.1 Å². The van der Waals surface area contributed by atoms with Gasteiger partial charge in [0.05, 0.1) is 25.4 Å². The largest absolute Gasteiger partial charge is 0.444 e. The topological polar surface area (TPSA) is 133 Å². The van der Waals surface area contributed by atoms with E-state index < -0.39 is 29.8 Å². The van der Waals surface area contributed by atoms with Gasteiger partial charge >= 0.3 is 6.09 Å². The van der Waals surface area contributed by atoms with Crippen molar-refractivity contribution in [2.75, 3.05) is 39.4 Å². The van der Waals surface area contributed by atoms with Crippen LogP contribution in [0.4, 0.5) is 4.79 Å². The highest BCUT2D eigenvalue weighted by molar-refractivity contribution is 5.95. The standard InChI is InChI=1S/C30H41N5O6/c1-30(2,3)33-27(37)25-18-35(28(38)22-9-12-31-13-10-22)15-14-34(25)19-26(36)24(17-21-7-5-4-6-8-21)32-29(39)41-23-11-16-40-20-23/h4-10,12-13,23-26,36H,11,14-20H2,1-3H3,(H,32,39)(H,33,37)/t23-,24-,25-,26+/m0/s1. The molecule has 3 amide bonds. The van der Waals surface area contributed by atoms with Crippen molar-refractivity contribution < 1.29 is 29.0 Å². The van der Waals surface area contributed by atoms with Gasteiger partial charge in [-0.3, -0.25) is 19.5 Å². The number of carbonyl (C=O) groups is 3. The molecule has 0 radical (unpaired) electrons. The molecular formula is C30H41N5O6. The molecule has 0 bridgehead atoms. The number of carbonyl (C=O) groups excluding carboxylic acids is 3. The number of aliphatic hydroxyl groups is 1. The summed E-state index contributed by atoms with van der Waals surface area (Å²) in [6, 6.07) is 11.5. The van der Waals surface area contributed by atoms with Crippen LogP contribution in [0.3, 0.4) is 0 Å². The Balaban J connectivity index is 1.49. The molecule has 4 atom stereocenters. The summed E-state index contributed by atoms with van der Waals surface area (Å²) in [5, 5.41) is 17.3. The van der Waals surface area contributed by atoms with Gasteiger partial charge in [-0.2, -0.15) is 0 Å². The van der Waals surface area contributed by atoms with E-state index >= 15 is 0 Å². The van der Waals surface area contributed by atoms with Crippen LogP contribution >= 0.6 is 0 Å². The Bertz CT molecular complexity index is 1150. The summed E-state index contributed by atoms with van der Waals surface area (Å²) >= 11 is 0. The van der Waals surface area contributed by atoms with E-state index in [1.165, 1.54) is 0 Å². The molecule has 2 aliphatic heterocycles. The first-order chi connectivity index (χ1) is 19.6. The smallest absolute Gasteiger partial charge is 0.407 e. The van der Waals surface area contributed by atoms with Crippen LogP contribution in [0, 0.1) is 0 Å². The van der Waals surface area contributed by atoms with Gasteiger partial charge in [-0.15, -0.1) is 0 Å². The number of nitrogens with zero attached hydrogens (tertiary/aromatic N) is 3. The molecule has 2 aromatic rings. The predicted molar refractivity (Wildman–Crippen MR) is 152 cm³/mol. The number of pyridine rings is 1. The van der Waals surface area contributed by atoms with Crippen LogP contribution in [0.2, 0.25) is 0 Å². The van der Waals surface area contributed by atoms with E-state index in [0.29, 0.717) is 44.7 Å². The zero-order valence-corrected chi connectivity index (χ0v) is 24.0. The minimum absolute atomic E-state index is 0.115. The zero-order valence-electron chi connectivity index (χ0n) is 24.0. The number of aromatic nitrogens is 1. The van der Waals surface area contributed by atoms with Crippen LogP contribution in [0.25, 0.3) is 0 Å². The average Bonchev–Trinajstić information content (AvgIpc) is 3.45. The Morgan fingerprint density at radius 2 is 1.85 bits per heavy atom. The number of hydrogen-bond donors (Lipinski definition) is 3. The summed E-state index contributed by atoms with van der Waals surface area (Å²) in [5.41, 5.74) is 0.960. The lowest BCUT2D eigenvalue weighted by molar-refractivity contribution is -0.130. The van der Waals surface area contributed by atoms with Crippen molar-refractivity contribution in [1.29, 1.82) is 0 Å². The van der Waals surface area contributed by atoms with E-state index in [-0.39, 0.29) is 31.0 Å². The SMILES string of the molecule is CC(C)(C)NC(=O)[C@@H]1CN(C(=O)c2ccncc2)CCN1C[C@@H](O)[C@H](Cc1ccccc1)NC(=O)O[C@H]1CCOC1. The number of amides is 3. The number of nitrogens with one attached hydrogen (secondary N) is 2. The highest BCUT2D eigenvalue weighted by atomic mass is 16.6. The summed E-state index contributed by atoms with van der Waals surface area (Å²) in [6.45, 7) is 7.62. The summed E-state index contributed by atoms with van der Waals surface area (Å²) in [4.78, 5) is 46.9.